The van der Waals surface area contributed by atoms with Crippen LogP contribution in [0.1, 0.15) is 33.3 Å². The molecule has 0 radical (unpaired) electrons. The molecule has 0 aliphatic carbocycles. The van der Waals surface area contributed by atoms with E-state index in [0.717, 1.165) is 16.7 Å². The molecular formula is C19H22BrNO6S. The van der Waals surface area contributed by atoms with E-state index in [-0.39, 0.29) is 11.0 Å². The van der Waals surface area contributed by atoms with Crippen LogP contribution in [0, 0.1) is 0 Å². The Hall–Kier alpha value is -2.00. The zero-order chi connectivity index (χ0) is 20.8. The Morgan fingerprint density at radius 2 is 1.89 bits per heavy atom. The maximum absolute atomic E-state index is 12.5. The summed E-state index contributed by atoms with van der Waals surface area (Å²) in [6.45, 7) is 7.65. The molecule has 1 aromatic carbocycles. The second-order valence-electron chi connectivity index (χ2n) is 6.00. The molecule has 1 aromatic rings. The second-order valence-corrected chi connectivity index (χ2v) is 7.85. The lowest BCUT2D eigenvalue weighted by Gasteiger charge is -2.14. The smallest absolute Gasteiger partial charge is 0.326 e. The Labute approximate surface area is 176 Å². The van der Waals surface area contributed by atoms with Gasteiger partial charge >= 0.3 is 5.97 Å². The fourth-order valence-corrected chi connectivity index (χ4v) is 3.85. The summed E-state index contributed by atoms with van der Waals surface area (Å²) in [5.41, 5.74) is 0.661. The number of rotatable bonds is 8. The van der Waals surface area contributed by atoms with Gasteiger partial charge in [0.25, 0.3) is 11.1 Å². The van der Waals surface area contributed by atoms with Crippen molar-refractivity contribution in [1.82, 2.24) is 4.90 Å². The topological polar surface area (TPSA) is 82.1 Å². The molecule has 0 aromatic heterocycles. The first-order valence-corrected chi connectivity index (χ1v) is 10.4. The van der Waals surface area contributed by atoms with Crippen LogP contribution >= 0.6 is 27.7 Å². The summed E-state index contributed by atoms with van der Waals surface area (Å²) in [6, 6.07) is 3.51. The SMILES string of the molecule is CCOc1cc(/C=C2/SC(=O)N(CC(=O)OC(C)C)C2=O)cc(Br)c1OCC. The first-order chi connectivity index (χ1) is 13.3. The molecule has 0 bridgehead atoms. The lowest BCUT2D eigenvalue weighted by molar-refractivity contribution is -0.149. The van der Waals surface area contributed by atoms with Crippen LogP contribution in [0.25, 0.3) is 6.08 Å². The van der Waals surface area contributed by atoms with Gasteiger partial charge in [-0.1, -0.05) is 0 Å². The first kappa shape index (κ1) is 22.3. The highest BCUT2D eigenvalue weighted by molar-refractivity contribution is 9.10. The maximum Gasteiger partial charge on any atom is 0.326 e. The highest BCUT2D eigenvalue weighted by Crippen LogP contribution is 2.39. The molecule has 152 valence electrons. The minimum absolute atomic E-state index is 0.223. The largest absolute Gasteiger partial charge is 0.490 e. The van der Waals surface area contributed by atoms with E-state index < -0.39 is 23.7 Å². The molecule has 7 nitrogen and oxygen atoms in total. The zero-order valence-corrected chi connectivity index (χ0v) is 18.5. The molecule has 1 heterocycles. The minimum Gasteiger partial charge on any atom is -0.490 e. The molecule has 28 heavy (non-hydrogen) atoms. The van der Waals surface area contributed by atoms with Gasteiger partial charge in [0, 0.05) is 0 Å². The number of benzene rings is 1. The number of carbonyl (C=O) groups excluding carboxylic acids is 3. The molecular weight excluding hydrogens is 450 g/mol. The lowest BCUT2D eigenvalue weighted by Crippen LogP contribution is -2.35. The fourth-order valence-electron chi connectivity index (χ4n) is 2.44. The van der Waals surface area contributed by atoms with Crippen molar-refractivity contribution < 1.29 is 28.6 Å². The van der Waals surface area contributed by atoms with Crippen molar-refractivity contribution in [1.29, 1.82) is 0 Å². The van der Waals surface area contributed by atoms with Crippen LogP contribution in [0.5, 0.6) is 11.5 Å². The molecule has 2 rings (SSSR count). The molecule has 0 spiro atoms. The Kier molecular flexibility index (Phi) is 7.94. The van der Waals surface area contributed by atoms with Crippen molar-refractivity contribution in [2.24, 2.45) is 0 Å². The quantitative estimate of drug-likeness (QED) is 0.414. The summed E-state index contributed by atoms with van der Waals surface area (Å²) >= 11 is 4.23. The van der Waals surface area contributed by atoms with E-state index in [1.165, 1.54) is 0 Å². The van der Waals surface area contributed by atoms with Crippen LogP contribution in [0.15, 0.2) is 21.5 Å². The number of halogens is 1. The molecule has 2 amide bonds. The van der Waals surface area contributed by atoms with Crippen LogP contribution < -0.4 is 9.47 Å². The van der Waals surface area contributed by atoms with Gasteiger partial charge in [-0.15, -0.1) is 0 Å². The number of imide groups is 1. The molecule has 9 heteroatoms. The van der Waals surface area contributed by atoms with Crippen molar-refractivity contribution in [3.05, 3.63) is 27.1 Å². The van der Waals surface area contributed by atoms with E-state index in [0.29, 0.717) is 34.7 Å². The van der Waals surface area contributed by atoms with Gasteiger partial charge in [0.1, 0.15) is 6.54 Å². The molecule has 1 aliphatic rings. The normalized spacial score (nSPS) is 15.5. The molecule has 0 saturated carbocycles. The van der Waals surface area contributed by atoms with Gasteiger partial charge in [0.05, 0.1) is 28.7 Å². The maximum atomic E-state index is 12.5. The van der Waals surface area contributed by atoms with Crippen LogP contribution in [-0.2, 0) is 14.3 Å². The second kappa shape index (κ2) is 9.97. The Bertz CT molecular complexity index is 808. The van der Waals surface area contributed by atoms with Crippen molar-refractivity contribution in [3.63, 3.8) is 0 Å². The highest BCUT2D eigenvalue weighted by Gasteiger charge is 2.36. The third-order valence-electron chi connectivity index (χ3n) is 3.45. The summed E-state index contributed by atoms with van der Waals surface area (Å²) in [7, 11) is 0. The summed E-state index contributed by atoms with van der Waals surface area (Å²) in [5, 5.41) is -0.507. The van der Waals surface area contributed by atoms with Crippen LogP contribution in [0.3, 0.4) is 0 Å². The first-order valence-electron chi connectivity index (χ1n) is 8.80. The number of carbonyl (C=O) groups is 3. The Balaban J connectivity index is 2.26. The van der Waals surface area contributed by atoms with Crippen molar-refractivity contribution in [2.45, 2.75) is 33.8 Å². The third kappa shape index (κ3) is 5.51. The predicted octanol–water partition coefficient (Wildman–Crippen LogP) is 4.23. The van der Waals surface area contributed by atoms with Crippen molar-refractivity contribution in [3.8, 4) is 11.5 Å². The average Bonchev–Trinajstić information content (AvgIpc) is 2.85. The predicted molar refractivity (Wildman–Crippen MR) is 110 cm³/mol. The molecule has 1 aliphatic heterocycles. The number of ether oxygens (including phenoxy) is 3. The molecule has 1 saturated heterocycles. The Morgan fingerprint density at radius 3 is 2.50 bits per heavy atom. The zero-order valence-electron chi connectivity index (χ0n) is 16.1. The summed E-state index contributed by atoms with van der Waals surface area (Å²) in [5.74, 6) is -0.0459. The standard InChI is InChI=1S/C19H22BrNO6S/c1-5-25-14-8-12(7-13(20)17(14)26-6-2)9-15-18(23)21(19(24)28-15)10-16(22)27-11(3)4/h7-9,11H,5-6,10H2,1-4H3/b15-9+. The van der Waals surface area contributed by atoms with Gasteiger partial charge in [0.15, 0.2) is 11.5 Å². The van der Waals surface area contributed by atoms with E-state index >= 15 is 0 Å². The fraction of sp³-hybridized carbons (Fsp3) is 0.421. The lowest BCUT2D eigenvalue weighted by atomic mass is 10.2. The van der Waals surface area contributed by atoms with E-state index in [1.54, 1.807) is 32.1 Å². The third-order valence-corrected chi connectivity index (χ3v) is 4.94. The number of hydrogen-bond donors (Lipinski definition) is 0. The number of esters is 1. The number of nitrogens with zero attached hydrogens (tertiary/aromatic N) is 1. The molecule has 0 unspecified atom stereocenters. The number of amides is 2. The number of hydrogen-bond acceptors (Lipinski definition) is 7. The van der Waals surface area contributed by atoms with Gasteiger partial charge in [-0.2, -0.15) is 0 Å². The monoisotopic (exact) mass is 471 g/mol. The van der Waals surface area contributed by atoms with Crippen LogP contribution in [0.4, 0.5) is 4.79 Å². The van der Waals surface area contributed by atoms with E-state index in [4.69, 9.17) is 14.2 Å². The molecule has 1 fully saturated rings. The van der Waals surface area contributed by atoms with Gasteiger partial charge in [0.2, 0.25) is 0 Å². The minimum atomic E-state index is -0.624. The van der Waals surface area contributed by atoms with Crippen LogP contribution in [-0.4, -0.2) is 47.9 Å². The van der Waals surface area contributed by atoms with Gasteiger partial charge < -0.3 is 14.2 Å². The highest BCUT2D eigenvalue weighted by atomic mass is 79.9. The summed E-state index contributed by atoms with van der Waals surface area (Å²) < 4.78 is 16.9. The van der Waals surface area contributed by atoms with Crippen molar-refractivity contribution >= 4 is 50.9 Å². The van der Waals surface area contributed by atoms with Gasteiger partial charge in [-0.05, 0) is 79.2 Å². The number of thioether (sulfide) groups is 1. The van der Waals surface area contributed by atoms with Crippen molar-refractivity contribution in [2.75, 3.05) is 19.8 Å². The molecule has 0 atom stereocenters. The van der Waals surface area contributed by atoms with Gasteiger partial charge in [-0.25, -0.2) is 0 Å². The Morgan fingerprint density at radius 1 is 1.21 bits per heavy atom. The van der Waals surface area contributed by atoms with Gasteiger partial charge in [-0.3, -0.25) is 19.3 Å². The van der Waals surface area contributed by atoms with Crippen LogP contribution in [0.2, 0.25) is 0 Å². The van der Waals surface area contributed by atoms with E-state index in [1.807, 2.05) is 13.8 Å². The molecule has 0 N–H and O–H groups in total. The van der Waals surface area contributed by atoms with E-state index in [2.05, 4.69) is 15.9 Å². The summed E-state index contributed by atoms with van der Waals surface area (Å²) in [6.07, 6.45) is 1.27. The summed E-state index contributed by atoms with van der Waals surface area (Å²) in [4.78, 5) is 37.6. The van der Waals surface area contributed by atoms with E-state index in [9.17, 15) is 14.4 Å². The average molecular weight is 472 g/mol.